The lowest BCUT2D eigenvalue weighted by atomic mass is 10.2. The number of hydrogen-bond acceptors (Lipinski definition) is 2. The normalized spacial score (nSPS) is 13.9. The number of alkyl halides is 3. The van der Waals surface area contributed by atoms with Crippen molar-refractivity contribution < 1.29 is 13.2 Å². The molecule has 0 saturated heterocycles. The van der Waals surface area contributed by atoms with Gasteiger partial charge in [-0.15, -0.1) is 0 Å². The Morgan fingerprint density at radius 2 is 2.18 bits per heavy atom. The van der Waals surface area contributed by atoms with Gasteiger partial charge in [0.05, 0.1) is 11.8 Å². The molecule has 0 radical (unpaired) electrons. The smallest absolute Gasteiger partial charge is 0.314 e. The summed E-state index contributed by atoms with van der Waals surface area (Å²) in [6.45, 7) is 5.51. The lowest BCUT2D eigenvalue weighted by Gasteiger charge is -2.12. The molecule has 0 aliphatic heterocycles. The monoisotopic (exact) mass is 249 g/mol. The second-order valence-corrected chi connectivity index (χ2v) is 4.13. The average Bonchev–Trinajstić information content (AvgIpc) is 2.71. The zero-order chi connectivity index (χ0) is 12.9. The molecule has 1 aromatic rings. The van der Waals surface area contributed by atoms with Gasteiger partial charge in [-0.1, -0.05) is 6.92 Å². The Labute approximate surface area is 99.0 Å². The van der Waals surface area contributed by atoms with Gasteiger partial charge in [0, 0.05) is 18.8 Å². The van der Waals surface area contributed by atoms with E-state index < -0.39 is 11.7 Å². The molecule has 0 bridgehead atoms. The number of rotatable bonds is 6. The van der Waals surface area contributed by atoms with Crippen molar-refractivity contribution in [2.45, 2.75) is 45.5 Å². The fraction of sp³-hybridized carbons (Fsp3) is 0.727. The highest BCUT2D eigenvalue weighted by molar-refractivity contribution is 5.08. The third-order valence-electron chi connectivity index (χ3n) is 2.49. The van der Waals surface area contributed by atoms with E-state index in [0.717, 1.165) is 31.8 Å². The number of aromatic nitrogens is 2. The van der Waals surface area contributed by atoms with Crippen molar-refractivity contribution in [3.05, 3.63) is 18.0 Å². The molecule has 1 unspecified atom stereocenters. The van der Waals surface area contributed by atoms with Gasteiger partial charge in [0.1, 0.15) is 0 Å². The minimum atomic E-state index is -4.30. The molecule has 98 valence electrons. The van der Waals surface area contributed by atoms with Crippen LogP contribution in [0.1, 0.15) is 32.3 Å². The third-order valence-corrected chi connectivity index (χ3v) is 2.49. The number of aryl methyl sites for hydroxylation is 1. The largest absolute Gasteiger partial charge is 0.419 e. The lowest BCUT2D eigenvalue weighted by Crippen LogP contribution is -2.27. The van der Waals surface area contributed by atoms with Gasteiger partial charge in [-0.2, -0.15) is 18.3 Å². The molecule has 3 nitrogen and oxygen atoms in total. The number of nitrogens with zero attached hydrogens (tertiary/aromatic N) is 2. The zero-order valence-corrected chi connectivity index (χ0v) is 10.1. The summed E-state index contributed by atoms with van der Waals surface area (Å²) in [6.07, 6.45) is -0.579. The summed E-state index contributed by atoms with van der Waals surface area (Å²) in [5.41, 5.74) is -0.688. The first-order valence-corrected chi connectivity index (χ1v) is 5.76. The van der Waals surface area contributed by atoms with Crippen LogP contribution in [0.15, 0.2) is 12.4 Å². The van der Waals surface area contributed by atoms with E-state index in [1.165, 1.54) is 4.68 Å². The van der Waals surface area contributed by atoms with Crippen LogP contribution < -0.4 is 5.32 Å². The van der Waals surface area contributed by atoms with Crippen molar-refractivity contribution in [1.82, 2.24) is 15.1 Å². The highest BCUT2D eigenvalue weighted by atomic mass is 19.4. The summed E-state index contributed by atoms with van der Waals surface area (Å²) in [4.78, 5) is 0. The van der Waals surface area contributed by atoms with E-state index in [-0.39, 0.29) is 6.04 Å². The van der Waals surface area contributed by atoms with Gasteiger partial charge in [-0.05, 0) is 26.3 Å². The maximum atomic E-state index is 12.3. The molecule has 17 heavy (non-hydrogen) atoms. The molecule has 1 aromatic heterocycles. The first-order valence-electron chi connectivity index (χ1n) is 5.76. The maximum Gasteiger partial charge on any atom is 0.419 e. The fourth-order valence-corrected chi connectivity index (χ4v) is 1.45. The summed E-state index contributed by atoms with van der Waals surface area (Å²) in [5.74, 6) is 0. The van der Waals surface area contributed by atoms with Crippen LogP contribution in [0, 0.1) is 0 Å². The van der Waals surface area contributed by atoms with Crippen LogP contribution in [0.25, 0.3) is 0 Å². The second-order valence-electron chi connectivity index (χ2n) is 4.13. The molecule has 0 aliphatic carbocycles. The molecule has 6 heteroatoms. The van der Waals surface area contributed by atoms with Crippen LogP contribution in [0.2, 0.25) is 0 Å². The van der Waals surface area contributed by atoms with Gasteiger partial charge in [-0.3, -0.25) is 4.68 Å². The van der Waals surface area contributed by atoms with Crippen molar-refractivity contribution in [1.29, 1.82) is 0 Å². The van der Waals surface area contributed by atoms with Crippen molar-refractivity contribution in [2.24, 2.45) is 0 Å². The minimum absolute atomic E-state index is 0.286. The van der Waals surface area contributed by atoms with Gasteiger partial charge in [0.25, 0.3) is 0 Å². The molecule has 0 saturated carbocycles. The van der Waals surface area contributed by atoms with Crippen LogP contribution >= 0.6 is 0 Å². The lowest BCUT2D eigenvalue weighted by molar-refractivity contribution is -0.137. The van der Waals surface area contributed by atoms with E-state index in [2.05, 4.69) is 17.3 Å². The number of nitrogens with one attached hydrogen (secondary N) is 1. The van der Waals surface area contributed by atoms with Crippen LogP contribution in [0.5, 0.6) is 0 Å². The van der Waals surface area contributed by atoms with Crippen LogP contribution in [-0.2, 0) is 12.7 Å². The summed E-state index contributed by atoms with van der Waals surface area (Å²) < 4.78 is 38.2. The first-order chi connectivity index (χ1) is 7.93. The average molecular weight is 249 g/mol. The van der Waals surface area contributed by atoms with E-state index in [1.807, 2.05) is 6.92 Å². The van der Waals surface area contributed by atoms with Crippen LogP contribution in [0.3, 0.4) is 0 Å². The van der Waals surface area contributed by atoms with E-state index in [1.54, 1.807) is 0 Å². The minimum Gasteiger partial charge on any atom is -0.314 e. The maximum absolute atomic E-state index is 12.3. The Bertz CT molecular complexity index is 333. The molecule has 0 amide bonds. The molecule has 1 atom stereocenters. The van der Waals surface area contributed by atoms with Crippen molar-refractivity contribution >= 4 is 0 Å². The van der Waals surface area contributed by atoms with Gasteiger partial charge in [0.2, 0.25) is 0 Å². The zero-order valence-electron chi connectivity index (χ0n) is 10.1. The van der Waals surface area contributed by atoms with Crippen molar-refractivity contribution in [2.75, 3.05) is 6.54 Å². The molecule has 0 fully saturated rings. The van der Waals surface area contributed by atoms with Gasteiger partial charge in [-0.25, -0.2) is 0 Å². The summed E-state index contributed by atoms with van der Waals surface area (Å²) >= 11 is 0. The predicted molar refractivity (Wildman–Crippen MR) is 59.6 cm³/mol. The highest BCUT2D eigenvalue weighted by Gasteiger charge is 2.32. The van der Waals surface area contributed by atoms with Gasteiger partial charge in [0.15, 0.2) is 0 Å². The predicted octanol–water partition coefficient (Wildman–Crippen LogP) is 2.68. The van der Waals surface area contributed by atoms with E-state index in [0.29, 0.717) is 6.54 Å². The first kappa shape index (κ1) is 14.0. The number of hydrogen-bond donors (Lipinski definition) is 1. The summed E-state index contributed by atoms with van der Waals surface area (Å²) in [5, 5.41) is 6.98. The van der Waals surface area contributed by atoms with E-state index >= 15 is 0 Å². The van der Waals surface area contributed by atoms with E-state index in [4.69, 9.17) is 0 Å². The standard InChI is InChI=1S/C11H18F3N3/c1-3-5-15-9(2)4-6-17-8-10(7-16-17)11(12,13)14/h7-9,15H,3-6H2,1-2H3. The molecule has 0 aromatic carbocycles. The number of halogens is 3. The Morgan fingerprint density at radius 3 is 2.71 bits per heavy atom. The molecule has 0 aliphatic rings. The second kappa shape index (κ2) is 6.05. The quantitative estimate of drug-likeness (QED) is 0.840. The topological polar surface area (TPSA) is 29.9 Å². The van der Waals surface area contributed by atoms with Crippen LogP contribution in [0.4, 0.5) is 13.2 Å². The summed E-state index contributed by atoms with van der Waals surface area (Å²) in [7, 11) is 0. The van der Waals surface area contributed by atoms with Gasteiger partial charge < -0.3 is 5.32 Å². The Kier molecular flexibility index (Phi) is 4.99. The van der Waals surface area contributed by atoms with Crippen LogP contribution in [-0.4, -0.2) is 22.4 Å². The van der Waals surface area contributed by atoms with Gasteiger partial charge >= 0.3 is 6.18 Å². The van der Waals surface area contributed by atoms with Crippen molar-refractivity contribution in [3.8, 4) is 0 Å². The van der Waals surface area contributed by atoms with Crippen molar-refractivity contribution in [3.63, 3.8) is 0 Å². The Hall–Kier alpha value is -1.04. The highest BCUT2D eigenvalue weighted by Crippen LogP contribution is 2.28. The molecular formula is C11H18F3N3. The fourth-order valence-electron chi connectivity index (χ4n) is 1.45. The molecule has 1 N–H and O–H groups in total. The van der Waals surface area contributed by atoms with E-state index in [9.17, 15) is 13.2 Å². The molecule has 1 heterocycles. The third kappa shape index (κ3) is 4.77. The molecule has 1 rings (SSSR count). The summed E-state index contributed by atoms with van der Waals surface area (Å²) in [6, 6.07) is 0.286. The molecule has 0 spiro atoms. The molecular weight excluding hydrogens is 231 g/mol. The Morgan fingerprint density at radius 1 is 1.47 bits per heavy atom. The SMILES string of the molecule is CCCNC(C)CCn1cc(C(F)(F)F)cn1. The Balaban J connectivity index is 2.40.